The van der Waals surface area contributed by atoms with Gasteiger partial charge in [-0.2, -0.15) is 0 Å². The third kappa shape index (κ3) is 3.60. The predicted octanol–water partition coefficient (Wildman–Crippen LogP) is 3.37. The van der Waals surface area contributed by atoms with E-state index in [2.05, 4.69) is 5.32 Å². The number of nitrogens with one attached hydrogen (secondary N) is 1. The Morgan fingerprint density at radius 3 is 2.81 bits per heavy atom. The Morgan fingerprint density at radius 1 is 1.31 bits per heavy atom. The summed E-state index contributed by atoms with van der Waals surface area (Å²) in [6.45, 7) is 0.542. The molecule has 3 rings (SSSR count). The Balaban J connectivity index is 1.66. The van der Waals surface area contributed by atoms with E-state index in [0.717, 1.165) is 0 Å². The zero-order valence-electron chi connectivity index (χ0n) is 14.2. The van der Waals surface area contributed by atoms with Gasteiger partial charge in [-0.05, 0) is 29.8 Å². The molecule has 136 valence electrons. The van der Waals surface area contributed by atoms with Crippen molar-refractivity contribution >= 4 is 34.9 Å². The number of hydrogen-bond acceptors (Lipinski definition) is 4. The van der Waals surface area contributed by atoms with E-state index in [0.29, 0.717) is 34.3 Å². The van der Waals surface area contributed by atoms with E-state index in [1.165, 1.54) is 0 Å². The largest absolute Gasteiger partial charge is 0.495 e. The summed E-state index contributed by atoms with van der Waals surface area (Å²) in [7, 11) is 1.56. The minimum Gasteiger partial charge on any atom is -0.495 e. The van der Waals surface area contributed by atoms with Crippen LogP contribution in [0.5, 0.6) is 5.75 Å². The van der Waals surface area contributed by atoms with Crippen LogP contribution < -0.4 is 15.0 Å². The highest BCUT2D eigenvalue weighted by Crippen LogP contribution is 2.36. The standard InChI is InChI=1S/C19H19ClN2O4/c1-26-17-7-6-12(20)10-15(17)21-9-8-18(23)22-11-14(19(24)25)13-4-2-3-5-16(13)22/h2-7,10,14,21H,8-9,11H2,1H3,(H,24,25). The third-order valence-electron chi connectivity index (χ3n) is 4.38. The lowest BCUT2D eigenvalue weighted by Gasteiger charge is -2.18. The maximum absolute atomic E-state index is 12.6. The number of anilines is 2. The Labute approximate surface area is 156 Å². The van der Waals surface area contributed by atoms with Gasteiger partial charge in [0.15, 0.2) is 0 Å². The van der Waals surface area contributed by atoms with Crippen LogP contribution >= 0.6 is 11.6 Å². The highest BCUT2D eigenvalue weighted by molar-refractivity contribution is 6.30. The van der Waals surface area contributed by atoms with E-state index < -0.39 is 11.9 Å². The summed E-state index contributed by atoms with van der Waals surface area (Å²) in [5.41, 5.74) is 2.06. The van der Waals surface area contributed by atoms with Crippen molar-refractivity contribution in [1.82, 2.24) is 0 Å². The zero-order valence-corrected chi connectivity index (χ0v) is 15.0. The van der Waals surface area contributed by atoms with E-state index in [4.69, 9.17) is 16.3 Å². The summed E-state index contributed by atoms with van der Waals surface area (Å²) in [6.07, 6.45) is 0.219. The molecule has 1 atom stereocenters. The number of benzene rings is 2. The van der Waals surface area contributed by atoms with E-state index in [1.54, 1.807) is 54.5 Å². The topological polar surface area (TPSA) is 78.9 Å². The SMILES string of the molecule is COc1ccc(Cl)cc1NCCC(=O)N1CC(C(=O)O)c2ccccc21. The third-order valence-corrected chi connectivity index (χ3v) is 4.62. The van der Waals surface area contributed by atoms with Crippen molar-refractivity contribution in [3.05, 3.63) is 53.1 Å². The molecule has 2 aromatic carbocycles. The molecule has 7 heteroatoms. The lowest BCUT2D eigenvalue weighted by Crippen LogP contribution is -2.32. The fraction of sp³-hybridized carbons (Fsp3) is 0.263. The summed E-state index contributed by atoms with van der Waals surface area (Å²) in [5, 5.41) is 13.1. The lowest BCUT2D eigenvalue weighted by molar-refractivity contribution is -0.138. The molecular formula is C19H19ClN2O4. The summed E-state index contributed by atoms with van der Waals surface area (Å²) < 4.78 is 5.26. The second-order valence-electron chi connectivity index (χ2n) is 5.98. The number of rotatable bonds is 6. The number of fused-ring (bicyclic) bond motifs is 1. The average Bonchev–Trinajstić information content (AvgIpc) is 3.02. The van der Waals surface area contributed by atoms with Gasteiger partial charge in [-0.3, -0.25) is 9.59 Å². The first-order chi connectivity index (χ1) is 12.5. The number of halogens is 1. The molecule has 0 radical (unpaired) electrons. The van der Waals surface area contributed by atoms with Crippen LogP contribution in [0.15, 0.2) is 42.5 Å². The second-order valence-corrected chi connectivity index (χ2v) is 6.41. The molecule has 1 unspecified atom stereocenters. The van der Waals surface area contributed by atoms with Crippen LogP contribution in [-0.2, 0) is 9.59 Å². The van der Waals surface area contributed by atoms with Gasteiger partial charge in [-0.1, -0.05) is 29.8 Å². The Bertz CT molecular complexity index is 840. The van der Waals surface area contributed by atoms with Gasteiger partial charge in [0.1, 0.15) is 11.7 Å². The maximum atomic E-state index is 12.6. The molecule has 0 bridgehead atoms. The Kier molecular flexibility index (Phi) is 5.32. The molecule has 6 nitrogen and oxygen atoms in total. The first kappa shape index (κ1) is 18.1. The van der Waals surface area contributed by atoms with Gasteiger partial charge in [0, 0.05) is 30.2 Å². The summed E-state index contributed by atoms with van der Waals surface area (Å²) >= 11 is 5.99. The normalized spacial score (nSPS) is 15.5. The molecule has 0 saturated carbocycles. The van der Waals surface area contributed by atoms with Crippen LogP contribution in [0.2, 0.25) is 5.02 Å². The zero-order chi connectivity index (χ0) is 18.7. The fourth-order valence-electron chi connectivity index (χ4n) is 3.11. The number of nitrogens with zero attached hydrogens (tertiary/aromatic N) is 1. The average molecular weight is 375 g/mol. The van der Waals surface area contributed by atoms with E-state index in [9.17, 15) is 14.7 Å². The molecule has 1 amide bonds. The van der Waals surface area contributed by atoms with Gasteiger partial charge in [0.25, 0.3) is 0 Å². The van der Waals surface area contributed by atoms with Gasteiger partial charge >= 0.3 is 5.97 Å². The van der Waals surface area contributed by atoms with Crippen LogP contribution in [0.4, 0.5) is 11.4 Å². The number of ether oxygens (including phenoxy) is 1. The number of carbonyl (C=O) groups is 2. The lowest BCUT2D eigenvalue weighted by atomic mass is 10.0. The number of carboxylic acids is 1. The van der Waals surface area contributed by atoms with Crippen LogP contribution in [0.1, 0.15) is 17.9 Å². The van der Waals surface area contributed by atoms with Crippen LogP contribution in [0.3, 0.4) is 0 Å². The molecular weight excluding hydrogens is 356 g/mol. The van der Waals surface area contributed by atoms with E-state index >= 15 is 0 Å². The van der Waals surface area contributed by atoms with E-state index in [-0.39, 0.29) is 18.9 Å². The quantitative estimate of drug-likeness (QED) is 0.810. The number of amides is 1. The molecule has 0 fully saturated rings. The molecule has 0 aromatic heterocycles. The highest BCUT2D eigenvalue weighted by Gasteiger charge is 2.35. The van der Waals surface area contributed by atoms with Crippen molar-refractivity contribution in [1.29, 1.82) is 0 Å². The van der Waals surface area contributed by atoms with Gasteiger partial charge in [0.05, 0.1) is 12.8 Å². The number of aliphatic carboxylic acids is 1. The Morgan fingerprint density at radius 2 is 2.08 bits per heavy atom. The number of hydrogen-bond donors (Lipinski definition) is 2. The van der Waals surface area contributed by atoms with Gasteiger partial charge in [-0.15, -0.1) is 0 Å². The van der Waals surface area contributed by atoms with Crippen molar-refractivity contribution in [2.75, 3.05) is 30.4 Å². The van der Waals surface area contributed by atoms with E-state index in [1.807, 2.05) is 0 Å². The van der Waals surface area contributed by atoms with Crippen LogP contribution in [-0.4, -0.2) is 37.2 Å². The molecule has 2 N–H and O–H groups in total. The fourth-order valence-corrected chi connectivity index (χ4v) is 3.28. The van der Waals surface area contributed by atoms with Crippen LogP contribution in [0.25, 0.3) is 0 Å². The maximum Gasteiger partial charge on any atom is 0.312 e. The minimum atomic E-state index is -0.922. The highest BCUT2D eigenvalue weighted by atomic mass is 35.5. The smallest absolute Gasteiger partial charge is 0.312 e. The summed E-state index contributed by atoms with van der Waals surface area (Å²) in [5.74, 6) is -1.10. The molecule has 1 aliphatic rings. The summed E-state index contributed by atoms with van der Waals surface area (Å²) in [6, 6.07) is 12.3. The van der Waals surface area contributed by atoms with Crippen molar-refractivity contribution < 1.29 is 19.4 Å². The van der Waals surface area contributed by atoms with Crippen molar-refractivity contribution in [3.63, 3.8) is 0 Å². The molecule has 0 spiro atoms. The second kappa shape index (κ2) is 7.66. The van der Waals surface area contributed by atoms with Gasteiger partial charge in [-0.25, -0.2) is 0 Å². The number of para-hydroxylation sites is 1. The van der Waals surface area contributed by atoms with Gasteiger partial charge in [0.2, 0.25) is 5.91 Å². The molecule has 1 aliphatic heterocycles. The molecule has 26 heavy (non-hydrogen) atoms. The Hall–Kier alpha value is -2.73. The van der Waals surface area contributed by atoms with Crippen LogP contribution in [0, 0.1) is 0 Å². The molecule has 2 aromatic rings. The van der Waals surface area contributed by atoms with Gasteiger partial charge < -0.3 is 20.1 Å². The minimum absolute atomic E-state index is 0.130. The van der Waals surface area contributed by atoms with Crippen molar-refractivity contribution in [3.8, 4) is 5.75 Å². The molecule has 0 aliphatic carbocycles. The van der Waals surface area contributed by atoms with Crippen molar-refractivity contribution in [2.45, 2.75) is 12.3 Å². The summed E-state index contributed by atoms with van der Waals surface area (Å²) in [4.78, 5) is 25.6. The first-order valence-corrected chi connectivity index (χ1v) is 8.58. The number of carbonyl (C=O) groups excluding carboxylic acids is 1. The van der Waals surface area contributed by atoms with Crippen molar-refractivity contribution in [2.24, 2.45) is 0 Å². The number of carboxylic acid groups (broad SMARTS) is 1. The monoisotopic (exact) mass is 374 g/mol. The predicted molar refractivity (Wildman–Crippen MR) is 100 cm³/mol. The number of methoxy groups -OCH3 is 1. The molecule has 1 heterocycles. The first-order valence-electron chi connectivity index (χ1n) is 8.20. The molecule has 0 saturated heterocycles.